The Labute approximate surface area is 78.9 Å². The van der Waals surface area contributed by atoms with Crippen molar-refractivity contribution in [2.45, 2.75) is 18.3 Å². The van der Waals surface area contributed by atoms with E-state index in [1.54, 1.807) is 4.68 Å². The summed E-state index contributed by atoms with van der Waals surface area (Å²) in [7, 11) is 1.86. The molecule has 0 unspecified atom stereocenters. The number of rotatable bonds is 2. The molecular weight excluding hydrogens is 220 g/mol. The lowest BCUT2D eigenvalue weighted by atomic mass is 10.1. The number of carbonyl (C=O) groups excluding carboxylic acids is 1. The van der Waals surface area contributed by atoms with E-state index in [2.05, 4.69) is 21.0 Å². The van der Waals surface area contributed by atoms with Crippen LogP contribution in [0.4, 0.5) is 0 Å². The lowest BCUT2D eigenvalue weighted by molar-refractivity contribution is -0.110. The second-order valence-electron chi connectivity index (χ2n) is 3.25. The van der Waals surface area contributed by atoms with E-state index in [4.69, 9.17) is 0 Å². The molecule has 1 aliphatic rings. The summed E-state index contributed by atoms with van der Waals surface area (Å²) in [6.45, 7) is 0. The molecule has 1 fully saturated rings. The second-order valence-corrected chi connectivity index (χ2v) is 4.06. The van der Waals surface area contributed by atoms with E-state index in [1.807, 2.05) is 13.1 Å². The van der Waals surface area contributed by atoms with Gasteiger partial charge < -0.3 is 4.79 Å². The highest BCUT2D eigenvalue weighted by molar-refractivity contribution is 9.10. The Morgan fingerprint density at radius 1 is 1.75 bits per heavy atom. The number of hydrogen-bond donors (Lipinski definition) is 0. The van der Waals surface area contributed by atoms with Crippen molar-refractivity contribution in [1.29, 1.82) is 0 Å². The number of carbonyl (C=O) groups is 1. The molecule has 1 aromatic heterocycles. The van der Waals surface area contributed by atoms with Crippen molar-refractivity contribution in [3.05, 3.63) is 16.4 Å². The lowest BCUT2D eigenvalue weighted by Crippen LogP contribution is -2.13. The zero-order valence-corrected chi connectivity index (χ0v) is 8.34. The summed E-state index contributed by atoms with van der Waals surface area (Å²) in [6.07, 6.45) is 2.96. The van der Waals surface area contributed by atoms with Crippen LogP contribution in [0.2, 0.25) is 0 Å². The Morgan fingerprint density at radius 2 is 2.42 bits per heavy atom. The van der Waals surface area contributed by atoms with Crippen LogP contribution in [-0.4, -0.2) is 16.1 Å². The molecule has 1 aromatic rings. The van der Waals surface area contributed by atoms with Crippen LogP contribution in [0.3, 0.4) is 0 Å². The Bertz CT molecular complexity index is 328. The van der Waals surface area contributed by atoms with Gasteiger partial charge in [-0.05, 0) is 34.8 Å². The fourth-order valence-corrected chi connectivity index (χ4v) is 1.92. The van der Waals surface area contributed by atoms with E-state index >= 15 is 0 Å². The Morgan fingerprint density at radius 3 is 2.75 bits per heavy atom. The van der Waals surface area contributed by atoms with Crippen LogP contribution < -0.4 is 0 Å². The van der Waals surface area contributed by atoms with Crippen LogP contribution in [0.25, 0.3) is 0 Å². The first kappa shape index (κ1) is 7.98. The Hall–Kier alpha value is -0.640. The Kier molecular flexibility index (Phi) is 1.61. The normalized spacial score (nSPS) is 19.2. The van der Waals surface area contributed by atoms with Crippen molar-refractivity contribution in [2.75, 3.05) is 0 Å². The second kappa shape index (κ2) is 2.42. The van der Waals surface area contributed by atoms with Crippen molar-refractivity contribution in [2.24, 2.45) is 7.05 Å². The highest BCUT2D eigenvalue weighted by atomic mass is 79.9. The van der Waals surface area contributed by atoms with Crippen LogP contribution in [0, 0.1) is 0 Å². The van der Waals surface area contributed by atoms with Crippen molar-refractivity contribution >= 4 is 22.2 Å². The summed E-state index contributed by atoms with van der Waals surface area (Å²) in [5.74, 6) is 0. The van der Waals surface area contributed by atoms with E-state index in [0.29, 0.717) is 0 Å². The molecule has 0 atom stereocenters. The molecule has 4 heteroatoms. The summed E-state index contributed by atoms with van der Waals surface area (Å²) < 4.78 is 2.57. The molecule has 1 saturated carbocycles. The predicted molar refractivity (Wildman–Crippen MR) is 47.9 cm³/mol. The standard InChI is InChI=1S/C8H9BrN2O/c1-11-6(4-7(9)10-11)8(5-12)2-3-8/h4-5H,2-3H2,1H3. The third kappa shape index (κ3) is 1.02. The van der Waals surface area contributed by atoms with Gasteiger partial charge in [0.25, 0.3) is 0 Å². The van der Waals surface area contributed by atoms with E-state index in [0.717, 1.165) is 29.4 Å². The van der Waals surface area contributed by atoms with E-state index in [9.17, 15) is 4.79 Å². The molecule has 0 aromatic carbocycles. The zero-order valence-electron chi connectivity index (χ0n) is 6.75. The maximum atomic E-state index is 10.8. The number of hydrogen-bond acceptors (Lipinski definition) is 2. The predicted octanol–water partition coefficient (Wildman–Crippen LogP) is 1.41. The fraction of sp³-hybridized carbons (Fsp3) is 0.500. The minimum Gasteiger partial charge on any atom is -0.302 e. The van der Waals surface area contributed by atoms with Gasteiger partial charge in [0, 0.05) is 7.05 Å². The summed E-state index contributed by atoms with van der Waals surface area (Å²) >= 11 is 3.28. The van der Waals surface area contributed by atoms with E-state index < -0.39 is 0 Å². The smallest absolute Gasteiger partial charge is 0.132 e. The average Bonchev–Trinajstić information content (AvgIpc) is 2.74. The van der Waals surface area contributed by atoms with Crippen LogP contribution in [0.1, 0.15) is 18.5 Å². The molecule has 3 nitrogen and oxygen atoms in total. The first-order valence-electron chi connectivity index (χ1n) is 3.84. The molecule has 0 radical (unpaired) electrons. The molecule has 0 saturated heterocycles. The van der Waals surface area contributed by atoms with Gasteiger partial charge in [0.1, 0.15) is 10.9 Å². The molecular formula is C8H9BrN2O. The number of nitrogens with zero attached hydrogens (tertiary/aromatic N) is 2. The van der Waals surface area contributed by atoms with Gasteiger partial charge in [0.2, 0.25) is 0 Å². The monoisotopic (exact) mass is 228 g/mol. The van der Waals surface area contributed by atoms with Gasteiger partial charge >= 0.3 is 0 Å². The van der Waals surface area contributed by atoms with E-state index in [-0.39, 0.29) is 5.41 Å². The molecule has 1 heterocycles. The third-order valence-corrected chi connectivity index (χ3v) is 2.76. The molecule has 1 aliphatic carbocycles. The summed E-state index contributed by atoms with van der Waals surface area (Å²) in [4.78, 5) is 10.8. The van der Waals surface area contributed by atoms with Crippen LogP contribution in [-0.2, 0) is 17.3 Å². The van der Waals surface area contributed by atoms with Gasteiger partial charge in [0.15, 0.2) is 0 Å². The fourth-order valence-electron chi connectivity index (χ4n) is 1.47. The first-order valence-corrected chi connectivity index (χ1v) is 4.64. The molecule has 0 bridgehead atoms. The topological polar surface area (TPSA) is 34.9 Å². The maximum absolute atomic E-state index is 10.8. The largest absolute Gasteiger partial charge is 0.302 e. The molecule has 2 rings (SSSR count). The average molecular weight is 229 g/mol. The number of aryl methyl sites for hydroxylation is 1. The van der Waals surface area contributed by atoms with Crippen molar-refractivity contribution in [3.63, 3.8) is 0 Å². The van der Waals surface area contributed by atoms with Crippen molar-refractivity contribution in [1.82, 2.24) is 9.78 Å². The van der Waals surface area contributed by atoms with Gasteiger partial charge in [-0.1, -0.05) is 0 Å². The van der Waals surface area contributed by atoms with Gasteiger partial charge in [0.05, 0.1) is 11.1 Å². The highest BCUT2D eigenvalue weighted by Crippen LogP contribution is 2.46. The van der Waals surface area contributed by atoms with Crippen LogP contribution >= 0.6 is 15.9 Å². The molecule has 0 aliphatic heterocycles. The summed E-state index contributed by atoms with van der Waals surface area (Å²) in [5, 5.41) is 4.14. The summed E-state index contributed by atoms with van der Waals surface area (Å²) in [6, 6.07) is 1.92. The van der Waals surface area contributed by atoms with E-state index in [1.165, 1.54) is 0 Å². The SMILES string of the molecule is Cn1nc(Br)cc1C1(C=O)CC1. The summed E-state index contributed by atoms with van der Waals surface area (Å²) in [5.41, 5.74) is 0.803. The van der Waals surface area contributed by atoms with Crippen molar-refractivity contribution < 1.29 is 4.79 Å². The van der Waals surface area contributed by atoms with Gasteiger partial charge in [-0.25, -0.2) is 0 Å². The number of aromatic nitrogens is 2. The van der Waals surface area contributed by atoms with Crippen LogP contribution in [0.5, 0.6) is 0 Å². The number of halogens is 1. The van der Waals surface area contributed by atoms with Crippen molar-refractivity contribution in [3.8, 4) is 0 Å². The maximum Gasteiger partial charge on any atom is 0.132 e. The van der Waals surface area contributed by atoms with Gasteiger partial charge in [-0.2, -0.15) is 5.10 Å². The third-order valence-electron chi connectivity index (χ3n) is 2.37. The minimum atomic E-state index is -0.215. The molecule has 0 amide bonds. The number of aldehydes is 1. The first-order chi connectivity index (χ1) is 5.68. The van der Waals surface area contributed by atoms with Gasteiger partial charge in [-0.3, -0.25) is 4.68 Å². The zero-order chi connectivity index (χ0) is 8.77. The molecule has 12 heavy (non-hydrogen) atoms. The minimum absolute atomic E-state index is 0.215. The van der Waals surface area contributed by atoms with Gasteiger partial charge in [-0.15, -0.1) is 0 Å². The quantitative estimate of drug-likeness (QED) is 0.718. The van der Waals surface area contributed by atoms with Crippen LogP contribution in [0.15, 0.2) is 10.7 Å². The highest BCUT2D eigenvalue weighted by Gasteiger charge is 2.46. The molecule has 0 spiro atoms. The Balaban J connectivity index is 2.45. The lowest BCUT2D eigenvalue weighted by Gasteiger charge is -2.05. The molecule has 64 valence electrons. The molecule has 0 N–H and O–H groups in total.